The molecule has 6 nitrogen and oxygen atoms in total. The summed E-state index contributed by atoms with van der Waals surface area (Å²) in [5.74, 6) is -1.20. The summed E-state index contributed by atoms with van der Waals surface area (Å²) in [5, 5.41) is 0. The summed E-state index contributed by atoms with van der Waals surface area (Å²) in [6.45, 7) is 0.107. The smallest absolute Gasteiger partial charge is 0.274 e. The Labute approximate surface area is 143 Å². The third kappa shape index (κ3) is 2.60. The van der Waals surface area contributed by atoms with Crippen molar-refractivity contribution < 1.29 is 24.2 Å². The molecular formula is C19H15NO5. The molecule has 4 rings (SSSR count). The van der Waals surface area contributed by atoms with Gasteiger partial charge in [0.05, 0.1) is 0 Å². The molecule has 1 aliphatic heterocycles. The molecule has 0 atom stereocenters. The van der Waals surface area contributed by atoms with E-state index in [9.17, 15) is 14.4 Å². The predicted octanol–water partition coefficient (Wildman–Crippen LogP) is 3.02. The minimum absolute atomic E-state index is 0.0251. The second-order valence-corrected chi connectivity index (χ2v) is 5.98. The maximum Gasteiger partial charge on any atom is 0.454 e. The fourth-order valence-electron chi connectivity index (χ4n) is 3.41. The molecule has 0 unspecified atom stereocenters. The average molecular weight is 337 g/mol. The van der Waals surface area contributed by atoms with Gasteiger partial charge >= 0.3 is 6.09 Å². The van der Waals surface area contributed by atoms with Gasteiger partial charge in [0, 0.05) is 18.8 Å². The standard InChI is InChI=1S/C19H15NO5/c21-17-9-10-18(22)20(17)19(23)25-24-11-16-14-7-3-1-5-12(14)13-6-2-4-8-15(13)16/h1-8,16H,9-11H2. The Hall–Kier alpha value is -2.99. The molecule has 0 bridgehead atoms. The molecule has 1 aliphatic carbocycles. The largest absolute Gasteiger partial charge is 0.454 e. The number of hydrogen-bond donors (Lipinski definition) is 0. The van der Waals surface area contributed by atoms with Crippen molar-refractivity contribution in [2.75, 3.05) is 6.61 Å². The normalized spacial score (nSPS) is 16.1. The predicted molar refractivity (Wildman–Crippen MR) is 87.2 cm³/mol. The number of hydrogen-bond acceptors (Lipinski definition) is 5. The molecule has 126 valence electrons. The van der Waals surface area contributed by atoms with Gasteiger partial charge in [-0.15, -0.1) is 0 Å². The van der Waals surface area contributed by atoms with Crippen LogP contribution in [-0.4, -0.2) is 29.4 Å². The van der Waals surface area contributed by atoms with E-state index in [0.29, 0.717) is 4.90 Å². The molecule has 25 heavy (non-hydrogen) atoms. The SMILES string of the molecule is O=C1CCC(=O)N1C(=O)OOCC1c2ccccc2-c2ccccc21. The summed E-state index contributed by atoms with van der Waals surface area (Å²) < 4.78 is 0. The maximum atomic E-state index is 11.9. The number of rotatable bonds is 3. The van der Waals surface area contributed by atoms with Crippen molar-refractivity contribution in [2.45, 2.75) is 18.8 Å². The fraction of sp³-hybridized carbons (Fsp3) is 0.211. The first-order chi connectivity index (χ1) is 12.2. The summed E-state index contributed by atoms with van der Waals surface area (Å²) in [6.07, 6.45) is -1.03. The van der Waals surface area contributed by atoms with Crippen LogP contribution < -0.4 is 0 Å². The van der Waals surface area contributed by atoms with Gasteiger partial charge in [-0.1, -0.05) is 48.5 Å². The van der Waals surface area contributed by atoms with Crippen molar-refractivity contribution in [3.63, 3.8) is 0 Å². The van der Waals surface area contributed by atoms with Gasteiger partial charge in [-0.25, -0.2) is 4.79 Å². The Balaban J connectivity index is 1.48. The number of imide groups is 3. The Kier molecular flexibility index (Phi) is 3.82. The molecule has 2 aliphatic rings. The molecule has 0 aromatic heterocycles. The number of carbonyl (C=O) groups excluding carboxylic acids is 3. The highest BCUT2D eigenvalue weighted by Gasteiger charge is 2.37. The molecule has 0 saturated carbocycles. The lowest BCUT2D eigenvalue weighted by Crippen LogP contribution is -2.36. The number of nitrogens with zero attached hydrogens (tertiary/aromatic N) is 1. The lowest BCUT2D eigenvalue weighted by molar-refractivity contribution is -0.245. The summed E-state index contributed by atoms with van der Waals surface area (Å²) in [7, 11) is 0. The van der Waals surface area contributed by atoms with E-state index in [1.807, 2.05) is 48.5 Å². The minimum Gasteiger partial charge on any atom is -0.274 e. The van der Waals surface area contributed by atoms with E-state index in [-0.39, 0.29) is 25.4 Å². The summed E-state index contributed by atoms with van der Waals surface area (Å²) in [5.41, 5.74) is 4.44. The highest BCUT2D eigenvalue weighted by atomic mass is 17.2. The van der Waals surface area contributed by atoms with Crippen LogP contribution in [0.1, 0.15) is 29.9 Å². The molecule has 0 N–H and O–H groups in total. The van der Waals surface area contributed by atoms with Gasteiger partial charge in [-0.3, -0.25) is 14.5 Å². The second-order valence-electron chi connectivity index (χ2n) is 5.98. The van der Waals surface area contributed by atoms with Crippen LogP contribution in [0.5, 0.6) is 0 Å². The van der Waals surface area contributed by atoms with Gasteiger partial charge in [-0.05, 0) is 22.3 Å². The van der Waals surface area contributed by atoms with Crippen molar-refractivity contribution in [1.82, 2.24) is 4.90 Å². The maximum absolute atomic E-state index is 11.9. The van der Waals surface area contributed by atoms with Gasteiger partial charge in [0.2, 0.25) is 11.8 Å². The van der Waals surface area contributed by atoms with Crippen LogP contribution in [0.25, 0.3) is 11.1 Å². The topological polar surface area (TPSA) is 72.9 Å². The van der Waals surface area contributed by atoms with Gasteiger partial charge in [-0.2, -0.15) is 9.79 Å². The minimum atomic E-state index is -1.08. The third-order valence-corrected chi connectivity index (χ3v) is 4.56. The van der Waals surface area contributed by atoms with E-state index >= 15 is 0 Å². The van der Waals surface area contributed by atoms with E-state index in [4.69, 9.17) is 9.78 Å². The molecular weight excluding hydrogens is 322 g/mol. The summed E-state index contributed by atoms with van der Waals surface area (Å²) in [4.78, 5) is 45.2. The zero-order valence-electron chi connectivity index (χ0n) is 13.3. The van der Waals surface area contributed by atoms with Crippen molar-refractivity contribution in [3.8, 4) is 11.1 Å². The van der Waals surface area contributed by atoms with Gasteiger partial charge in [0.25, 0.3) is 0 Å². The highest BCUT2D eigenvalue weighted by molar-refractivity contribution is 6.13. The molecule has 1 saturated heterocycles. The second kappa shape index (κ2) is 6.14. The number of amides is 3. The third-order valence-electron chi connectivity index (χ3n) is 4.56. The van der Waals surface area contributed by atoms with Crippen LogP contribution in [0.15, 0.2) is 48.5 Å². The van der Waals surface area contributed by atoms with E-state index in [1.54, 1.807) is 0 Å². The van der Waals surface area contributed by atoms with Crippen molar-refractivity contribution in [2.24, 2.45) is 0 Å². The first-order valence-corrected chi connectivity index (χ1v) is 8.04. The average Bonchev–Trinajstić information content (AvgIpc) is 3.13. The summed E-state index contributed by atoms with van der Waals surface area (Å²) >= 11 is 0. The fourth-order valence-corrected chi connectivity index (χ4v) is 3.41. The lowest BCUT2D eigenvalue weighted by Gasteiger charge is -2.14. The van der Waals surface area contributed by atoms with Crippen molar-refractivity contribution in [1.29, 1.82) is 0 Å². The lowest BCUT2D eigenvalue weighted by atomic mass is 9.98. The zero-order chi connectivity index (χ0) is 17.4. The van der Waals surface area contributed by atoms with Gasteiger partial charge in [0.1, 0.15) is 6.61 Å². The zero-order valence-corrected chi connectivity index (χ0v) is 13.3. The number of likely N-dealkylation sites (tertiary alicyclic amines) is 1. The molecule has 0 radical (unpaired) electrons. The molecule has 1 heterocycles. The molecule has 2 aromatic carbocycles. The van der Waals surface area contributed by atoms with E-state index < -0.39 is 17.9 Å². The molecule has 2 aromatic rings. The highest BCUT2D eigenvalue weighted by Crippen LogP contribution is 2.44. The first-order valence-electron chi connectivity index (χ1n) is 8.04. The van der Waals surface area contributed by atoms with Crippen LogP contribution in [-0.2, 0) is 19.4 Å². The van der Waals surface area contributed by atoms with Crippen LogP contribution in [0.2, 0.25) is 0 Å². The summed E-state index contributed by atoms with van der Waals surface area (Å²) in [6, 6.07) is 16.0. The van der Waals surface area contributed by atoms with E-state index in [1.165, 1.54) is 0 Å². The Morgan fingerprint density at radius 3 is 2.00 bits per heavy atom. The van der Waals surface area contributed by atoms with Crippen LogP contribution in [0.4, 0.5) is 4.79 Å². The first kappa shape index (κ1) is 15.5. The molecule has 6 heteroatoms. The van der Waals surface area contributed by atoms with Gasteiger partial charge in [0.15, 0.2) is 0 Å². The number of benzene rings is 2. The van der Waals surface area contributed by atoms with Crippen molar-refractivity contribution >= 4 is 17.9 Å². The number of fused-ring (bicyclic) bond motifs is 3. The monoisotopic (exact) mass is 337 g/mol. The van der Waals surface area contributed by atoms with E-state index in [0.717, 1.165) is 22.3 Å². The Morgan fingerprint density at radius 1 is 0.920 bits per heavy atom. The van der Waals surface area contributed by atoms with Crippen LogP contribution in [0.3, 0.4) is 0 Å². The van der Waals surface area contributed by atoms with Crippen molar-refractivity contribution in [3.05, 3.63) is 59.7 Å². The molecule has 3 amide bonds. The molecule has 1 fully saturated rings. The number of carbonyl (C=O) groups is 3. The Morgan fingerprint density at radius 2 is 1.44 bits per heavy atom. The van der Waals surface area contributed by atoms with Crippen LogP contribution in [0, 0.1) is 0 Å². The van der Waals surface area contributed by atoms with Crippen LogP contribution >= 0.6 is 0 Å². The molecule has 0 spiro atoms. The van der Waals surface area contributed by atoms with E-state index in [2.05, 4.69) is 0 Å². The Bertz CT molecular complexity index is 814. The van der Waals surface area contributed by atoms with Gasteiger partial charge < -0.3 is 0 Å². The quantitative estimate of drug-likeness (QED) is 0.489.